The minimum absolute atomic E-state index is 0.107. The van der Waals surface area contributed by atoms with Crippen LogP contribution in [0.2, 0.25) is 0 Å². The molecule has 2 rings (SSSR count). The van der Waals surface area contributed by atoms with E-state index in [0.29, 0.717) is 0 Å². The summed E-state index contributed by atoms with van der Waals surface area (Å²) in [6.45, 7) is 1.99. The zero-order chi connectivity index (χ0) is 10.7. The van der Waals surface area contributed by atoms with Crippen LogP contribution in [0.1, 0.15) is 43.1 Å². The van der Waals surface area contributed by atoms with E-state index in [2.05, 4.69) is 15.4 Å². The standard InChI is InChI=1S/C11H18N4/c1-8-6-13-11(14-7-8)10(15-12)5-9-3-2-4-9/h6-7,9-10,15H,2-5,12H2,1H3. The maximum atomic E-state index is 5.54. The topological polar surface area (TPSA) is 63.8 Å². The van der Waals surface area contributed by atoms with E-state index in [1.54, 1.807) is 0 Å². The molecule has 1 heterocycles. The predicted octanol–water partition coefficient (Wildman–Crippen LogP) is 1.48. The number of nitrogens with zero attached hydrogens (tertiary/aromatic N) is 2. The van der Waals surface area contributed by atoms with Gasteiger partial charge in [-0.2, -0.15) is 0 Å². The summed E-state index contributed by atoms with van der Waals surface area (Å²) in [4.78, 5) is 8.61. The Morgan fingerprint density at radius 2 is 2.13 bits per heavy atom. The molecular weight excluding hydrogens is 188 g/mol. The van der Waals surface area contributed by atoms with Crippen molar-refractivity contribution in [2.75, 3.05) is 0 Å². The highest BCUT2D eigenvalue weighted by molar-refractivity contribution is 5.04. The zero-order valence-electron chi connectivity index (χ0n) is 9.11. The van der Waals surface area contributed by atoms with Crippen molar-refractivity contribution < 1.29 is 0 Å². The van der Waals surface area contributed by atoms with E-state index in [-0.39, 0.29) is 6.04 Å². The van der Waals surface area contributed by atoms with Crippen LogP contribution in [0.5, 0.6) is 0 Å². The third-order valence-corrected chi connectivity index (χ3v) is 3.11. The Bertz CT molecular complexity index is 305. The van der Waals surface area contributed by atoms with Gasteiger partial charge in [0.2, 0.25) is 0 Å². The second kappa shape index (κ2) is 4.68. The number of nitrogens with one attached hydrogen (secondary N) is 1. The number of aromatic nitrogens is 2. The van der Waals surface area contributed by atoms with E-state index < -0.39 is 0 Å². The lowest BCUT2D eigenvalue weighted by molar-refractivity contribution is 0.257. The summed E-state index contributed by atoms with van der Waals surface area (Å²) in [5.74, 6) is 7.16. The SMILES string of the molecule is Cc1cnc(C(CC2CCC2)NN)nc1. The van der Waals surface area contributed by atoms with Crippen LogP contribution in [0.4, 0.5) is 0 Å². The number of hydrogen-bond donors (Lipinski definition) is 2. The average molecular weight is 206 g/mol. The van der Waals surface area contributed by atoms with Crippen molar-refractivity contribution in [1.29, 1.82) is 0 Å². The lowest BCUT2D eigenvalue weighted by Gasteiger charge is -2.28. The van der Waals surface area contributed by atoms with Gasteiger partial charge in [0, 0.05) is 12.4 Å². The molecule has 0 aliphatic heterocycles. The normalized spacial score (nSPS) is 18.5. The van der Waals surface area contributed by atoms with Crippen molar-refractivity contribution >= 4 is 0 Å². The van der Waals surface area contributed by atoms with Crippen LogP contribution in [-0.2, 0) is 0 Å². The minimum Gasteiger partial charge on any atom is -0.271 e. The Morgan fingerprint density at radius 3 is 2.60 bits per heavy atom. The molecule has 0 aromatic carbocycles. The van der Waals surface area contributed by atoms with E-state index in [9.17, 15) is 0 Å². The fourth-order valence-corrected chi connectivity index (χ4v) is 1.89. The summed E-state index contributed by atoms with van der Waals surface area (Å²) in [7, 11) is 0. The van der Waals surface area contributed by atoms with E-state index >= 15 is 0 Å². The molecule has 1 aromatic heterocycles. The lowest BCUT2D eigenvalue weighted by atomic mass is 9.81. The van der Waals surface area contributed by atoms with Crippen molar-refractivity contribution in [1.82, 2.24) is 15.4 Å². The molecule has 1 fully saturated rings. The van der Waals surface area contributed by atoms with Crippen molar-refractivity contribution in [2.45, 2.75) is 38.6 Å². The third kappa shape index (κ3) is 2.52. The highest BCUT2D eigenvalue weighted by Gasteiger charge is 2.23. The first-order chi connectivity index (χ1) is 7.29. The summed E-state index contributed by atoms with van der Waals surface area (Å²) in [6, 6.07) is 0.107. The molecule has 15 heavy (non-hydrogen) atoms. The van der Waals surface area contributed by atoms with Crippen LogP contribution in [0.25, 0.3) is 0 Å². The number of nitrogens with two attached hydrogens (primary N) is 1. The number of hydrogen-bond acceptors (Lipinski definition) is 4. The molecule has 1 aromatic rings. The van der Waals surface area contributed by atoms with Crippen molar-refractivity contribution in [3.05, 3.63) is 23.8 Å². The highest BCUT2D eigenvalue weighted by Crippen LogP contribution is 2.33. The van der Waals surface area contributed by atoms with Gasteiger partial charge in [-0.25, -0.2) is 15.4 Å². The molecule has 0 spiro atoms. The Morgan fingerprint density at radius 1 is 1.47 bits per heavy atom. The van der Waals surface area contributed by atoms with Gasteiger partial charge < -0.3 is 0 Å². The summed E-state index contributed by atoms with van der Waals surface area (Å²) in [5, 5.41) is 0. The van der Waals surface area contributed by atoms with Crippen LogP contribution in [-0.4, -0.2) is 9.97 Å². The second-order valence-corrected chi connectivity index (χ2v) is 4.37. The quantitative estimate of drug-likeness (QED) is 0.578. The van der Waals surface area contributed by atoms with Gasteiger partial charge in [0.25, 0.3) is 0 Å². The Labute approximate surface area is 90.3 Å². The average Bonchev–Trinajstić information content (AvgIpc) is 2.19. The molecule has 0 saturated heterocycles. The van der Waals surface area contributed by atoms with Crippen LogP contribution >= 0.6 is 0 Å². The summed E-state index contributed by atoms with van der Waals surface area (Å²) < 4.78 is 0. The largest absolute Gasteiger partial charge is 0.271 e. The monoisotopic (exact) mass is 206 g/mol. The minimum atomic E-state index is 0.107. The summed E-state index contributed by atoms with van der Waals surface area (Å²) in [6.07, 6.45) is 8.74. The molecule has 1 saturated carbocycles. The van der Waals surface area contributed by atoms with Crippen LogP contribution in [0, 0.1) is 12.8 Å². The second-order valence-electron chi connectivity index (χ2n) is 4.37. The molecule has 1 atom stereocenters. The Balaban J connectivity index is 2.01. The maximum Gasteiger partial charge on any atom is 0.146 e. The Hall–Kier alpha value is -1.00. The van der Waals surface area contributed by atoms with Gasteiger partial charge in [0.15, 0.2) is 0 Å². The van der Waals surface area contributed by atoms with Crippen molar-refractivity contribution in [3.8, 4) is 0 Å². The maximum absolute atomic E-state index is 5.54. The summed E-state index contributed by atoms with van der Waals surface area (Å²) in [5.41, 5.74) is 3.89. The van der Waals surface area contributed by atoms with E-state index in [4.69, 9.17) is 5.84 Å². The van der Waals surface area contributed by atoms with Gasteiger partial charge in [-0.3, -0.25) is 5.84 Å². The number of hydrazine groups is 1. The zero-order valence-corrected chi connectivity index (χ0v) is 9.11. The molecule has 1 aliphatic carbocycles. The van der Waals surface area contributed by atoms with Crippen LogP contribution in [0.15, 0.2) is 12.4 Å². The highest BCUT2D eigenvalue weighted by atomic mass is 15.2. The van der Waals surface area contributed by atoms with Crippen LogP contribution < -0.4 is 11.3 Å². The molecule has 1 unspecified atom stereocenters. The third-order valence-electron chi connectivity index (χ3n) is 3.11. The molecule has 4 heteroatoms. The molecule has 4 nitrogen and oxygen atoms in total. The molecule has 0 radical (unpaired) electrons. The smallest absolute Gasteiger partial charge is 0.146 e. The molecular formula is C11H18N4. The number of rotatable bonds is 4. The van der Waals surface area contributed by atoms with Crippen LogP contribution in [0.3, 0.4) is 0 Å². The molecule has 1 aliphatic rings. The summed E-state index contributed by atoms with van der Waals surface area (Å²) >= 11 is 0. The fraction of sp³-hybridized carbons (Fsp3) is 0.636. The van der Waals surface area contributed by atoms with Gasteiger partial charge in [0.05, 0.1) is 6.04 Å². The van der Waals surface area contributed by atoms with E-state index in [1.165, 1.54) is 19.3 Å². The van der Waals surface area contributed by atoms with Gasteiger partial charge in [-0.1, -0.05) is 19.3 Å². The van der Waals surface area contributed by atoms with Gasteiger partial charge in [0.1, 0.15) is 5.82 Å². The predicted molar refractivity (Wildman–Crippen MR) is 58.8 cm³/mol. The van der Waals surface area contributed by atoms with Crippen molar-refractivity contribution in [3.63, 3.8) is 0 Å². The lowest BCUT2D eigenvalue weighted by Crippen LogP contribution is -2.32. The molecule has 0 bridgehead atoms. The molecule has 0 amide bonds. The fourth-order valence-electron chi connectivity index (χ4n) is 1.89. The van der Waals surface area contributed by atoms with Gasteiger partial charge in [-0.15, -0.1) is 0 Å². The Kier molecular flexibility index (Phi) is 3.28. The van der Waals surface area contributed by atoms with Crippen molar-refractivity contribution in [2.24, 2.45) is 11.8 Å². The first kappa shape index (κ1) is 10.5. The first-order valence-electron chi connectivity index (χ1n) is 5.54. The molecule has 3 N–H and O–H groups in total. The van der Waals surface area contributed by atoms with E-state index in [1.807, 2.05) is 19.3 Å². The van der Waals surface area contributed by atoms with E-state index in [0.717, 1.165) is 23.7 Å². The first-order valence-corrected chi connectivity index (χ1v) is 5.54. The van der Waals surface area contributed by atoms with Gasteiger partial charge in [-0.05, 0) is 24.8 Å². The van der Waals surface area contributed by atoms with Gasteiger partial charge >= 0.3 is 0 Å². The molecule has 82 valence electrons. The number of aryl methyl sites for hydroxylation is 1.